The van der Waals surface area contributed by atoms with E-state index in [1.54, 1.807) is 26.0 Å². The molecule has 0 spiro atoms. The summed E-state index contributed by atoms with van der Waals surface area (Å²) in [7, 11) is -3.52. The van der Waals surface area contributed by atoms with Gasteiger partial charge in [0.05, 0.1) is 4.90 Å². The van der Waals surface area contributed by atoms with Crippen molar-refractivity contribution in [1.29, 1.82) is 0 Å². The van der Waals surface area contributed by atoms with Gasteiger partial charge >= 0.3 is 0 Å². The molecule has 0 aromatic heterocycles. The number of sulfonamides is 1. The molecular formula is C13H19BrN2O2S. The van der Waals surface area contributed by atoms with Gasteiger partial charge in [-0.05, 0) is 30.2 Å². The van der Waals surface area contributed by atoms with Gasteiger partial charge in [-0.1, -0.05) is 28.9 Å². The quantitative estimate of drug-likeness (QED) is 0.804. The SMILES string of the molecule is C=CCN(CC)S(=O)(=O)c1cc(CN)cc(Br)c1C. The van der Waals surface area contributed by atoms with Crippen LogP contribution in [0.2, 0.25) is 0 Å². The number of hydrogen-bond donors (Lipinski definition) is 1. The van der Waals surface area contributed by atoms with Crippen LogP contribution in [0.3, 0.4) is 0 Å². The van der Waals surface area contributed by atoms with Crippen molar-refractivity contribution in [3.8, 4) is 0 Å². The zero-order chi connectivity index (χ0) is 14.6. The number of benzene rings is 1. The van der Waals surface area contributed by atoms with Crippen LogP contribution in [0.15, 0.2) is 34.2 Å². The first-order valence-corrected chi connectivity index (χ1v) is 8.21. The molecular weight excluding hydrogens is 328 g/mol. The van der Waals surface area contributed by atoms with Crippen molar-refractivity contribution >= 4 is 26.0 Å². The molecule has 2 N–H and O–H groups in total. The van der Waals surface area contributed by atoms with E-state index in [9.17, 15) is 8.42 Å². The van der Waals surface area contributed by atoms with E-state index in [1.807, 2.05) is 6.07 Å². The zero-order valence-corrected chi connectivity index (χ0v) is 13.6. The Hall–Kier alpha value is -0.690. The van der Waals surface area contributed by atoms with Gasteiger partial charge < -0.3 is 5.73 Å². The molecule has 0 fully saturated rings. The Morgan fingerprint density at radius 1 is 1.47 bits per heavy atom. The highest BCUT2D eigenvalue weighted by Gasteiger charge is 2.25. The molecule has 1 aromatic rings. The third-order valence-electron chi connectivity index (χ3n) is 2.90. The molecule has 1 rings (SSSR count). The highest BCUT2D eigenvalue weighted by Crippen LogP contribution is 2.28. The molecule has 0 amide bonds. The van der Waals surface area contributed by atoms with E-state index in [2.05, 4.69) is 22.5 Å². The molecule has 0 bridgehead atoms. The lowest BCUT2D eigenvalue weighted by Crippen LogP contribution is -2.31. The number of nitrogens with two attached hydrogens (primary N) is 1. The highest BCUT2D eigenvalue weighted by molar-refractivity contribution is 9.10. The van der Waals surface area contributed by atoms with Gasteiger partial charge in [0.2, 0.25) is 10.0 Å². The Morgan fingerprint density at radius 3 is 2.58 bits per heavy atom. The summed E-state index contributed by atoms with van der Waals surface area (Å²) in [5.41, 5.74) is 7.08. The fourth-order valence-electron chi connectivity index (χ4n) is 1.77. The summed E-state index contributed by atoms with van der Waals surface area (Å²) < 4.78 is 27.4. The normalized spacial score (nSPS) is 11.8. The Morgan fingerprint density at radius 2 is 2.11 bits per heavy atom. The van der Waals surface area contributed by atoms with Crippen LogP contribution in [0.4, 0.5) is 0 Å². The molecule has 0 atom stereocenters. The molecule has 0 heterocycles. The standard InChI is InChI=1S/C13H19BrN2O2S/c1-4-6-16(5-2)19(17,18)13-8-11(9-15)7-12(14)10(13)3/h4,7-8H,1,5-6,9,15H2,2-3H3. The summed E-state index contributed by atoms with van der Waals surface area (Å²) in [5, 5.41) is 0. The first-order valence-electron chi connectivity index (χ1n) is 5.98. The van der Waals surface area contributed by atoms with E-state index in [-0.39, 0.29) is 0 Å². The second-order valence-corrected chi connectivity index (χ2v) is 6.91. The summed E-state index contributed by atoms with van der Waals surface area (Å²) in [6.07, 6.45) is 1.58. The number of halogens is 1. The molecule has 0 saturated carbocycles. The third kappa shape index (κ3) is 3.45. The first kappa shape index (κ1) is 16.4. The van der Waals surface area contributed by atoms with Crippen molar-refractivity contribution in [2.45, 2.75) is 25.3 Å². The number of rotatable bonds is 6. The lowest BCUT2D eigenvalue weighted by molar-refractivity contribution is 0.459. The van der Waals surface area contributed by atoms with E-state index >= 15 is 0 Å². The van der Waals surface area contributed by atoms with E-state index < -0.39 is 10.0 Å². The van der Waals surface area contributed by atoms with Gasteiger partial charge in [-0.15, -0.1) is 6.58 Å². The van der Waals surface area contributed by atoms with Crippen molar-refractivity contribution in [2.75, 3.05) is 13.1 Å². The minimum atomic E-state index is -3.52. The smallest absolute Gasteiger partial charge is 0.243 e. The Bertz CT molecular complexity index is 570. The van der Waals surface area contributed by atoms with Crippen molar-refractivity contribution in [3.05, 3.63) is 40.4 Å². The number of nitrogens with zero attached hydrogens (tertiary/aromatic N) is 1. The maximum atomic E-state index is 12.6. The van der Waals surface area contributed by atoms with E-state index in [0.717, 1.165) is 10.0 Å². The molecule has 0 aliphatic heterocycles. The zero-order valence-electron chi connectivity index (χ0n) is 11.2. The summed E-state index contributed by atoms with van der Waals surface area (Å²) in [4.78, 5) is 0.297. The average molecular weight is 347 g/mol. The van der Waals surface area contributed by atoms with Crippen LogP contribution in [0.5, 0.6) is 0 Å². The molecule has 19 heavy (non-hydrogen) atoms. The van der Waals surface area contributed by atoms with Gasteiger partial charge in [0, 0.05) is 24.1 Å². The third-order valence-corrected chi connectivity index (χ3v) is 5.79. The predicted octanol–water partition coefficient (Wildman–Crippen LogP) is 2.41. The first-order chi connectivity index (χ1) is 8.88. The fraction of sp³-hybridized carbons (Fsp3) is 0.385. The van der Waals surface area contributed by atoms with Gasteiger partial charge in [-0.3, -0.25) is 0 Å². The number of hydrogen-bond acceptors (Lipinski definition) is 3. The predicted molar refractivity (Wildman–Crippen MR) is 81.4 cm³/mol. The molecule has 0 aliphatic carbocycles. The Kier molecular flexibility index (Phi) is 5.73. The second kappa shape index (κ2) is 6.65. The highest BCUT2D eigenvalue weighted by atomic mass is 79.9. The van der Waals surface area contributed by atoms with Gasteiger partial charge in [-0.2, -0.15) is 4.31 Å². The Labute approximate surface area is 123 Å². The molecule has 0 aliphatic rings. The summed E-state index contributed by atoms with van der Waals surface area (Å²) in [5.74, 6) is 0. The Balaban J connectivity index is 3.42. The minimum absolute atomic E-state index is 0.294. The van der Waals surface area contributed by atoms with Gasteiger partial charge in [0.1, 0.15) is 0 Å². The second-order valence-electron chi connectivity index (χ2n) is 4.15. The lowest BCUT2D eigenvalue weighted by Gasteiger charge is -2.21. The van der Waals surface area contributed by atoms with E-state index in [1.165, 1.54) is 4.31 Å². The van der Waals surface area contributed by atoms with Crippen LogP contribution in [0, 0.1) is 6.92 Å². The lowest BCUT2D eigenvalue weighted by atomic mass is 10.1. The van der Waals surface area contributed by atoms with Crippen LogP contribution in [0.1, 0.15) is 18.1 Å². The van der Waals surface area contributed by atoms with Crippen molar-refractivity contribution in [2.24, 2.45) is 5.73 Å². The molecule has 6 heteroatoms. The van der Waals surface area contributed by atoms with Crippen LogP contribution in [0.25, 0.3) is 0 Å². The van der Waals surface area contributed by atoms with E-state index in [4.69, 9.17) is 5.73 Å². The maximum Gasteiger partial charge on any atom is 0.243 e. The van der Waals surface area contributed by atoms with Gasteiger partial charge in [0.15, 0.2) is 0 Å². The van der Waals surface area contributed by atoms with Gasteiger partial charge in [0.25, 0.3) is 0 Å². The van der Waals surface area contributed by atoms with Crippen LogP contribution >= 0.6 is 15.9 Å². The average Bonchev–Trinajstić information content (AvgIpc) is 2.38. The van der Waals surface area contributed by atoms with Crippen LogP contribution < -0.4 is 5.73 Å². The van der Waals surface area contributed by atoms with Crippen molar-refractivity contribution in [1.82, 2.24) is 4.31 Å². The summed E-state index contributed by atoms with van der Waals surface area (Å²) in [6, 6.07) is 3.49. The summed E-state index contributed by atoms with van der Waals surface area (Å²) >= 11 is 3.38. The minimum Gasteiger partial charge on any atom is -0.326 e. The monoisotopic (exact) mass is 346 g/mol. The van der Waals surface area contributed by atoms with Crippen molar-refractivity contribution < 1.29 is 8.42 Å². The fourth-order valence-corrected chi connectivity index (χ4v) is 4.13. The van der Waals surface area contributed by atoms with Crippen LogP contribution in [-0.4, -0.2) is 25.8 Å². The number of likely N-dealkylation sites (N-methyl/N-ethyl adjacent to an activating group) is 1. The largest absolute Gasteiger partial charge is 0.326 e. The van der Waals surface area contributed by atoms with Crippen molar-refractivity contribution in [3.63, 3.8) is 0 Å². The molecule has 4 nitrogen and oxygen atoms in total. The molecule has 1 aromatic carbocycles. The summed E-state index contributed by atoms with van der Waals surface area (Å²) in [6.45, 7) is 8.17. The molecule has 0 radical (unpaired) electrons. The maximum absolute atomic E-state index is 12.6. The molecule has 106 valence electrons. The van der Waals surface area contributed by atoms with Crippen LogP contribution in [-0.2, 0) is 16.6 Å². The van der Waals surface area contributed by atoms with Gasteiger partial charge in [-0.25, -0.2) is 8.42 Å². The molecule has 0 unspecified atom stereocenters. The van der Waals surface area contributed by atoms with E-state index in [0.29, 0.717) is 30.1 Å². The molecule has 0 saturated heterocycles. The topological polar surface area (TPSA) is 63.4 Å².